The average molecular weight is 118 g/mol. The summed E-state index contributed by atoms with van der Waals surface area (Å²) in [7, 11) is 0. The second-order valence-electron chi connectivity index (χ2n) is 1.78. The second kappa shape index (κ2) is 1.58. The molecule has 2 aromatic rings. The quantitative estimate of drug-likeness (QED) is 0.525. The Morgan fingerprint density at radius 1 is 1.56 bits per heavy atom. The lowest BCUT2D eigenvalue weighted by Crippen LogP contribution is -1.65. The van der Waals surface area contributed by atoms with Crippen molar-refractivity contribution in [1.82, 2.24) is 4.98 Å². The van der Waals surface area contributed by atoms with Gasteiger partial charge in [0.15, 0.2) is 6.26 Å². The van der Waals surface area contributed by atoms with Crippen LogP contribution in [-0.2, 0) is 0 Å². The maximum Gasteiger partial charge on any atom is 0.170 e. The minimum atomic E-state index is 0.838. The number of aromatic nitrogens is 1. The molecule has 1 radical (unpaired) electrons. The average Bonchev–Trinajstić information content (AvgIpc) is 2.33. The first-order valence-corrected chi connectivity index (χ1v) is 2.66. The molecule has 2 aromatic heterocycles. The van der Waals surface area contributed by atoms with E-state index in [2.05, 4.69) is 11.2 Å². The molecule has 0 saturated heterocycles. The molecule has 43 valence electrons. The number of nitrogens with zero attached hydrogens (tertiary/aromatic N) is 1. The van der Waals surface area contributed by atoms with E-state index in [0.717, 1.165) is 11.0 Å². The SMILES string of the molecule is [c]1cc2cnccc2o1. The normalized spacial score (nSPS) is 10.2. The van der Waals surface area contributed by atoms with Crippen LogP contribution < -0.4 is 0 Å². The van der Waals surface area contributed by atoms with Crippen LogP contribution in [-0.4, -0.2) is 4.98 Å². The van der Waals surface area contributed by atoms with Crippen LogP contribution in [0, 0.1) is 6.26 Å². The number of fused-ring (bicyclic) bond motifs is 1. The van der Waals surface area contributed by atoms with Crippen molar-refractivity contribution in [1.29, 1.82) is 0 Å². The molecule has 0 aliphatic rings. The van der Waals surface area contributed by atoms with Gasteiger partial charge in [0.25, 0.3) is 0 Å². The second-order valence-corrected chi connectivity index (χ2v) is 1.78. The molecule has 2 nitrogen and oxygen atoms in total. The summed E-state index contributed by atoms with van der Waals surface area (Å²) in [6.45, 7) is 0. The maximum absolute atomic E-state index is 4.95. The first kappa shape index (κ1) is 4.56. The van der Waals surface area contributed by atoms with Crippen molar-refractivity contribution in [3.8, 4) is 0 Å². The molecule has 0 spiro atoms. The van der Waals surface area contributed by atoms with Crippen molar-refractivity contribution in [3.63, 3.8) is 0 Å². The molecule has 0 bridgehead atoms. The summed E-state index contributed by atoms with van der Waals surface area (Å²) in [5.74, 6) is 0. The topological polar surface area (TPSA) is 26.0 Å². The first-order chi connectivity index (χ1) is 4.47. The number of hydrogen-bond acceptors (Lipinski definition) is 2. The summed E-state index contributed by atoms with van der Waals surface area (Å²) < 4.78 is 4.95. The Balaban J connectivity index is 2.95. The van der Waals surface area contributed by atoms with Crippen molar-refractivity contribution in [2.75, 3.05) is 0 Å². The molecule has 9 heavy (non-hydrogen) atoms. The van der Waals surface area contributed by atoms with Crippen molar-refractivity contribution >= 4 is 11.0 Å². The molecule has 2 rings (SSSR count). The highest BCUT2D eigenvalue weighted by Gasteiger charge is 1.91. The van der Waals surface area contributed by atoms with Gasteiger partial charge in [-0.15, -0.1) is 0 Å². The molecule has 0 aliphatic carbocycles. The summed E-state index contributed by atoms with van der Waals surface area (Å²) in [5, 5.41) is 0.998. The Bertz CT molecular complexity index is 283. The lowest BCUT2D eigenvalue weighted by molar-refractivity contribution is 0.605. The molecule has 0 fully saturated rings. The van der Waals surface area contributed by atoms with Gasteiger partial charge in [0.1, 0.15) is 5.58 Å². The highest BCUT2D eigenvalue weighted by molar-refractivity contribution is 5.74. The number of rotatable bonds is 0. The fourth-order valence-electron chi connectivity index (χ4n) is 0.752. The Morgan fingerprint density at radius 3 is 3.44 bits per heavy atom. The molecule has 2 heterocycles. The largest absolute Gasteiger partial charge is 0.453 e. The van der Waals surface area contributed by atoms with Crippen LogP contribution in [0.25, 0.3) is 11.0 Å². The third-order valence-corrected chi connectivity index (χ3v) is 1.19. The summed E-state index contributed by atoms with van der Waals surface area (Å²) >= 11 is 0. The van der Waals surface area contributed by atoms with Gasteiger partial charge >= 0.3 is 0 Å². The lowest BCUT2D eigenvalue weighted by atomic mass is 10.3. The molecule has 0 unspecified atom stereocenters. The molecule has 0 N–H and O–H groups in total. The zero-order valence-corrected chi connectivity index (χ0v) is 4.66. The molecule has 0 amide bonds. The van der Waals surface area contributed by atoms with Gasteiger partial charge in [-0.25, -0.2) is 0 Å². The Labute approximate surface area is 52.1 Å². The van der Waals surface area contributed by atoms with Crippen molar-refractivity contribution in [3.05, 3.63) is 30.8 Å². The minimum absolute atomic E-state index is 0.838. The molecule has 0 atom stereocenters. The smallest absolute Gasteiger partial charge is 0.170 e. The lowest BCUT2D eigenvalue weighted by Gasteiger charge is -1.80. The van der Waals surface area contributed by atoms with Gasteiger partial charge in [-0.05, 0) is 12.1 Å². The van der Waals surface area contributed by atoms with Gasteiger partial charge in [-0.3, -0.25) is 4.98 Å². The van der Waals surface area contributed by atoms with Gasteiger partial charge in [0, 0.05) is 17.8 Å². The third-order valence-electron chi connectivity index (χ3n) is 1.19. The molecular weight excluding hydrogens is 114 g/mol. The van der Waals surface area contributed by atoms with Crippen LogP contribution in [0.4, 0.5) is 0 Å². The fraction of sp³-hybridized carbons (Fsp3) is 0. The number of hydrogen-bond donors (Lipinski definition) is 0. The Hall–Kier alpha value is -1.31. The summed E-state index contributed by atoms with van der Waals surface area (Å²) in [4.78, 5) is 3.91. The van der Waals surface area contributed by atoms with E-state index >= 15 is 0 Å². The van der Waals surface area contributed by atoms with Crippen molar-refractivity contribution < 1.29 is 4.42 Å². The minimum Gasteiger partial charge on any atom is -0.453 e. The van der Waals surface area contributed by atoms with Crippen LogP contribution in [0.15, 0.2) is 28.9 Å². The number of pyridine rings is 1. The highest BCUT2D eigenvalue weighted by atomic mass is 16.3. The predicted molar refractivity (Wildman–Crippen MR) is 32.8 cm³/mol. The van der Waals surface area contributed by atoms with E-state index in [9.17, 15) is 0 Å². The van der Waals surface area contributed by atoms with Gasteiger partial charge in [-0.2, -0.15) is 0 Å². The highest BCUT2D eigenvalue weighted by Crippen LogP contribution is 2.10. The number of furan rings is 1. The van der Waals surface area contributed by atoms with Gasteiger partial charge in [0.05, 0.1) is 0 Å². The van der Waals surface area contributed by atoms with Crippen LogP contribution >= 0.6 is 0 Å². The molecule has 2 heteroatoms. The van der Waals surface area contributed by atoms with Crippen LogP contribution in [0.2, 0.25) is 0 Å². The van der Waals surface area contributed by atoms with E-state index in [0.29, 0.717) is 0 Å². The van der Waals surface area contributed by atoms with Gasteiger partial charge < -0.3 is 4.42 Å². The van der Waals surface area contributed by atoms with Gasteiger partial charge in [-0.1, -0.05) is 0 Å². The molecule has 0 aromatic carbocycles. The predicted octanol–water partition coefficient (Wildman–Crippen LogP) is 1.63. The monoisotopic (exact) mass is 118 g/mol. The summed E-state index contributed by atoms with van der Waals surface area (Å²) in [6, 6.07) is 3.58. The standard InChI is InChI=1S/C7H4NO/c1-3-8-5-6-2-4-9-7(1)6/h1-3,5H. The first-order valence-electron chi connectivity index (χ1n) is 2.66. The fourth-order valence-corrected chi connectivity index (χ4v) is 0.752. The van der Waals surface area contributed by atoms with Crippen LogP contribution in [0.1, 0.15) is 0 Å². The molecule has 0 aliphatic heterocycles. The molecule has 0 saturated carbocycles. The van der Waals surface area contributed by atoms with Crippen molar-refractivity contribution in [2.45, 2.75) is 0 Å². The zero-order valence-electron chi connectivity index (χ0n) is 4.66. The Morgan fingerprint density at radius 2 is 2.56 bits per heavy atom. The van der Waals surface area contributed by atoms with E-state index < -0.39 is 0 Å². The van der Waals surface area contributed by atoms with Crippen molar-refractivity contribution in [2.24, 2.45) is 0 Å². The zero-order chi connectivity index (χ0) is 6.10. The molecular formula is C7H4NO. The van der Waals surface area contributed by atoms with Crippen LogP contribution in [0.5, 0.6) is 0 Å². The Kier molecular flexibility index (Phi) is 0.803. The summed E-state index contributed by atoms with van der Waals surface area (Å²) in [5.41, 5.74) is 0.838. The third kappa shape index (κ3) is 0.598. The van der Waals surface area contributed by atoms with E-state index in [1.165, 1.54) is 0 Å². The van der Waals surface area contributed by atoms with E-state index in [-0.39, 0.29) is 0 Å². The van der Waals surface area contributed by atoms with E-state index in [1.54, 1.807) is 18.5 Å². The summed E-state index contributed by atoms with van der Waals surface area (Å²) in [6.07, 6.45) is 6.06. The van der Waals surface area contributed by atoms with E-state index in [1.807, 2.05) is 6.07 Å². The van der Waals surface area contributed by atoms with E-state index in [4.69, 9.17) is 4.42 Å². The maximum atomic E-state index is 4.95. The van der Waals surface area contributed by atoms with Crippen LogP contribution in [0.3, 0.4) is 0 Å². The van der Waals surface area contributed by atoms with Gasteiger partial charge in [0.2, 0.25) is 0 Å².